The van der Waals surface area contributed by atoms with Crippen molar-refractivity contribution in [1.82, 2.24) is 9.55 Å². The summed E-state index contributed by atoms with van der Waals surface area (Å²) >= 11 is 0. The predicted molar refractivity (Wildman–Crippen MR) is 101 cm³/mol. The van der Waals surface area contributed by atoms with Crippen molar-refractivity contribution in [2.75, 3.05) is 19.6 Å². The lowest BCUT2D eigenvalue weighted by molar-refractivity contribution is 0.394. The third-order valence-corrected chi connectivity index (χ3v) is 4.09. The monoisotopic (exact) mass is 338 g/mol. The Hall–Kier alpha value is -3.02. The first kappa shape index (κ1) is 16.8. The molecular formula is C19H22N4O2. The summed E-state index contributed by atoms with van der Waals surface area (Å²) in [5.41, 5.74) is 6.81. The van der Waals surface area contributed by atoms with E-state index in [-0.39, 0.29) is 0 Å². The van der Waals surface area contributed by atoms with Crippen LogP contribution < -0.4 is 14.9 Å². The van der Waals surface area contributed by atoms with Crippen LogP contribution >= 0.6 is 0 Å². The Bertz CT molecular complexity index is 915. The van der Waals surface area contributed by atoms with Gasteiger partial charge in [-0.2, -0.15) is 5.10 Å². The van der Waals surface area contributed by atoms with Gasteiger partial charge in [0, 0.05) is 18.2 Å². The zero-order chi connectivity index (χ0) is 17.8. The number of ether oxygens (including phenoxy) is 2. The number of methoxy groups -OCH3 is 2. The summed E-state index contributed by atoms with van der Waals surface area (Å²) in [6, 6.07) is 13.7. The first-order valence-electron chi connectivity index (χ1n) is 8.16. The van der Waals surface area contributed by atoms with E-state index < -0.39 is 0 Å². The first-order chi connectivity index (χ1) is 12.2. The number of nitrogens with one attached hydrogen (secondary N) is 1. The minimum atomic E-state index is 0.714. The Morgan fingerprint density at radius 2 is 1.96 bits per heavy atom. The minimum absolute atomic E-state index is 0.714. The van der Waals surface area contributed by atoms with E-state index in [0.29, 0.717) is 5.75 Å². The molecule has 0 saturated heterocycles. The summed E-state index contributed by atoms with van der Waals surface area (Å²) in [6.07, 6.45) is 0. The SMILES string of the molecule is CCn1c(N/N=C(\C)c2ccc(OC)cc2OC)nc2ccccc21. The van der Waals surface area contributed by atoms with Crippen molar-refractivity contribution >= 4 is 22.7 Å². The molecule has 0 amide bonds. The molecule has 0 atom stereocenters. The summed E-state index contributed by atoms with van der Waals surface area (Å²) in [4.78, 5) is 4.61. The third kappa shape index (κ3) is 3.28. The number of para-hydroxylation sites is 2. The van der Waals surface area contributed by atoms with Crippen molar-refractivity contribution in [2.24, 2.45) is 5.10 Å². The van der Waals surface area contributed by atoms with Gasteiger partial charge < -0.3 is 14.0 Å². The summed E-state index contributed by atoms with van der Waals surface area (Å²) in [6.45, 7) is 4.82. The lowest BCUT2D eigenvalue weighted by Crippen LogP contribution is -2.06. The van der Waals surface area contributed by atoms with E-state index in [1.54, 1.807) is 14.2 Å². The second-order valence-electron chi connectivity index (χ2n) is 5.54. The molecule has 0 unspecified atom stereocenters. The normalized spacial score (nSPS) is 11.6. The molecule has 0 aliphatic carbocycles. The Morgan fingerprint density at radius 3 is 2.68 bits per heavy atom. The van der Waals surface area contributed by atoms with Gasteiger partial charge in [-0.1, -0.05) is 12.1 Å². The van der Waals surface area contributed by atoms with E-state index in [4.69, 9.17) is 9.47 Å². The number of hydrogen-bond donors (Lipinski definition) is 1. The fourth-order valence-corrected chi connectivity index (χ4v) is 2.77. The quantitative estimate of drug-likeness (QED) is 0.547. The van der Waals surface area contributed by atoms with Crippen molar-refractivity contribution in [1.29, 1.82) is 0 Å². The number of rotatable bonds is 6. The predicted octanol–water partition coefficient (Wildman–Crippen LogP) is 3.91. The molecule has 6 nitrogen and oxygen atoms in total. The number of imidazole rings is 1. The van der Waals surface area contributed by atoms with Crippen LogP contribution in [0.15, 0.2) is 47.6 Å². The largest absolute Gasteiger partial charge is 0.497 e. The molecule has 6 heteroatoms. The lowest BCUT2D eigenvalue weighted by atomic mass is 10.1. The molecule has 130 valence electrons. The number of nitrogens with zero attached hydrogens (tertiary/aromatic N) is 3. The molecule has 0 aliphatic heterocycles. The molecule has 25 heavy (non-hydrogen) atoms. The zero-order valence-electron chi connectivity index (χ0n) is 14.9. The van der Waals surface area contributed by atoms with Crippen LogP contribution in [0.3, 0.4) is 0 Å². The maximum Gasteiger partial charge on any atom is 0.224 e. The topological polar surface area (TPSA) is 60.7 Å². The van der Waals surface area contributed by atoms with Gasteiger partial charge in [-0.25, -0.2) is 10.4 Å². The van der Waals surface area contributed by atoms with Crippen LogP contribution in [0.2, 0.25) is 0 Å². The van der Waals surface area contributed by atoms with Crippen LogP contribution in [-0.2, 0) is 6.54 Å². The van der Waals surface area contributed by atoms with Gasteiger partial charge in [0.05, 0.1) is 31.0 Å². The molecule has 0 spiro atoms. The summed E-state index contributed by atoms with van der Waals surface area (Å²) < 4.78 is 12.8. The fraction of sp³-hybridized carbons (Fsp3) is 0.263. The highest BCUT2D eigenvalue weighted by Crippen LogP contribution is 2.25. The summed E-state index contributed by atoms with van der Waals surface area (Å²) in [5, 5.41) is 4.50. The van der Waals surface area contributed by atoms with Crippen LogP contribution in [0, 0.1) is 0 Å². The van der Waals surface area contributed by atoms with Crippen molar-refractivity contribution in [3.63, 3.8) is 0 Å². The number of hydrazone groups is 1. The van der Waals surface area contributed by atoms with Crippen molar-refractivity contribution in [2.45, 2.75) is 20.4 Å². The van der Waals surface area contributed by atoms with Gasteiger partial charge in [0.1, 0.15) is 11.5 Å². The Labute approximate surface area is 147 Å². The molecule has 3 aromatic rings. The van der Waals surface area contributed by atoms with Gasteiger partial charge in [0.25, 0.3) is 0 Å². The molecule has 2 aromatic carbocycles. The molecule has 1 aromatic heterocycles. The molecule has 0 radical (unpaired) electrons. The highest BCUT2D eigenvalue weighted by atomic mass is 16.5. The van der Waals surface area contributed by atoms with Crippen LogP contribution in [0.5, 0.6) is 11.5 Å². The number of fused-ring (bicyclic) bond motifs is 1. The van der Waals surface area contributed by atoms with E-state index in [9.17, 15) is 0 Å². The maximum atomic E-state index is 5.44. The van der Waals surface area contributed by atoms with Gasteiger partial charge >= 0.3 is 0 Å². The van der Waals surface area contributed by atoms with Gasteiger partial charge in [-0.05, 0) is 38.1 Å². The Morgan fingerprint density at radius 1 is 1.16 bits per heavy atom. The Balaban J connectivity index is 1.92. The molecule has 0 saturated carbocycles. The number of benzene rings is 2. The average Bonchev–Trinajstić information content (AvgIpc) is 3.02. The van der Waals surface area contributed by atoms with Crippen LogP contribution in [0.1, 0.15) is 19.4 Å². The van der Waals surface area contributed by atoms with Gasteiger partial charge in [0.2, 0.25) is 5.95 Å². The van der Waals surface area contributed by atoms with Crippen molar-refractivity contribution in [3.05, 3.63) is 48.0 Å². The standard InChI is InChI=1S/C19H22N4O2/c1-5-23-17-9-7-6-8-16(17)20-19(23)22-21-13(2)15-11-10-14(24-3)12-18(15)25-4/h6-12H,5H2,1-4H3,(H,20,22)/b21-13+. The van der Waals surface area contributed by atoms with Gasteiger partial charge in [-0.15, -0.1) is 0 Å². The maximum absolute atomic E-state index is 5.44. The Kier molecular flexibility index (Phi) is 4.88. The van der Waals surface area contributed by atoms with E-state index >= 15 is 0 Å². The number of aromatic nitrogens is 2. The first-order valence-corrected chi connectivity index (χ1v) is 8.16. The van der Waals surface area contributed by atoms with Crippen LogP contribution in [-0.4, -0.2) is 29.5 Å². The number of aryl methyl sites for hydroxylation is 1. The average molecular weight is 338 g/mol. The van der Waals surface area contributed by atoms with E-state index in [1.165, 1.54) is 0 Å². The van der Waals surface area contributed by atoms with Crippen molar-refractivity contribution < 1.29 is 9.47 Å². The highest BCUT2D eigenvalue weighted by Gasteiger charge is 2.10. The molecule has 1 heterocycles. The number of anilines is 1. The molecule has 3 rings (SSSR count). The summed E-state index contributed by atoms with van der Waals surface area (Å²) in [7, 11) is 3.27. The second-order valence-corrected chi connectivity index (χ2v) is 5.54. The van der Waals surface area contributed by atoms with Gasteiger partial charge in [-0.3, -0.25) is 0 Å². The fourth-order valence-electron chi connectivity index (χ4n) is 2.77. The van der Waals surface area contributed by atoms with Crippen molar-refractivity contribution in [3.8, 4) is 11.5 Å². The minimum Gasteiger partial charge on any atom is -0.497 e. The van der Waals surface area contributed by atoms with Gasteiger partial charge in [0.15, 0.2) is 0 Å². The zero-order valence-corrected chi connectivity index (χ0v) is 14.9. The second kappa shape index (κ2) is 7.25. The molecule has 1 N–H and O–H groups in total. The van der Waals surface area contributed by atoms with E-state index in [2.05, 4.69) is 33.1 Å². The third-order valence-electron chi connectivity index (χ3n) is 4.09. The molecule has 0 fully saturated rings. The van der Waals surface area contributed by atoms with E-state index in [0.717, 1.165) is 40.6 Å². The van der Waals surface area contributed by atoms with Crippen LogP contribution in [0.25, 0.3) is 11.0 Å². The summed E-state index contributed by atoms with van der Waals surface area (Å²) in [5.74, 6) is 2.18. The van der Waals surface area contributed by atoms with E-state index in [1.807, 2.05) is 43.3 Å². The highest BCUT2D eigenvalue weighted by molar-refractivity contribution is 6.01. The number of hydrogen-bond acceptors (Lipinski definition) is 5. The molecular weight excluding hydrogens is 316 g/mol. The molecule has 0 bridgehead atoms. The lowest BCUT2D eigenvalue weighted by Gasteiger charge is -2.10. The molecule has 0 aliphatic rings. The smallest absolute Gasteiger partial charge is 0.224 e. The van der Waals surface area contributed by atoms with Crippen LogP contribution in [0.4, 0.5) is 5.95 Å².